The number of halogens is 3. The lowest BCUT2D eigenvalue weighted by atomic mass is 10.3. The topological polar surface area (TPSA) is 46.2 Å². The van der Waals surface area contributed by atoms with Gasteiger partial charge in [-0.15, -0.1) is 11.8 Å². The Labute approximate surface area is 137 Å². The summed E-state index contributed by atoms with van der Waals surface area (Å²) in [6.45, 7) is 0.118. The van der Waals surface area contributed by atoms with Crippen molar-refractivity contribution in [3.05, 3.63) is 59.9 Å². The highest BCUT2D eigenvalue weighted by Gasteiger charge is 2.18. The van der Waals surface area contributed by atoms with Gasteiger partial charge in [-0.1, -0.05) is 0 Å². The van der Waals surface area contributed by atoms with Crippen LogP contribution in [0.2, 0.25) is 0 Å². The van der Waals surface area contributed by atoms with Crippen LogP contribution < -0.4 is 4.72 Å². The third-order valence-electron chi connectivity index (χ3n) is 2.88. The van der Waals surface area contributed by atoms with Gasteiger partial charge in [0.05, 0.1) is 0 Å². The van der Waals surface area contributed by atoms with E-state index in [9.17, 15) is 21.6 Å². The molecule has 0 unspecified atom stereocenters. The van der Waals surface area contributed by atoms with E-state index in [0.717, 1.165) is 17.0 Å². The number of hydrogen-bond donors (Lipinski definition) is 1. The smallest absolute Gasteiger partial charge is 0.211 e. The molecule has 0 aliphatic rings. The van der Waals surface area contributed by atoms with Crippen LogP contribution >= 0.6 is 11.8 Å². The summed E-state index contributed by atoms with van der Waals surface area (Å²) >= 11 is 1.46. The molecule has 124 valence electrons. The summed E-state index contributed by atoms with van der Waals surface area (Å²) in [5, 5.41) is 0. The SMILES string of the molecule is O=S(=O)(NCCCSc1ccc(F)cc1)c1ccc(F)cc1F. The highest BCUT2D eigenvalue weighted by molar-refractivity contribution is 7.99. The largest absolute Gasteiger partial charge is 0.243 e. The molecule has 0 spiro atoms. The molecule has 0 aliphatic heterocycles. The van der Waals surface area contributed by atoms with Gasteiger partial charge in [-0.25, -0.2) is 26.3 Å². The van der Waals surface area contributed by atoms with Crippen molar-refractivity contribution in [1.29, 1.82) is 0 Å². The molecule has 0 bridgehead atoms. The molecule has 2 aromatic carbocycles. The first kappa shape index (κ1) is 17.8. The molecule has 0 amide bonds. The van der Waals surface area contributed by atoms with Crippen molar-refractivity contribution in [2.45, 2.75) is 16.2 Å². The Morgan fingerprint density at radius 1 is 0.957 bits per heavy atom. The van der Waals surface area contributed by atoms with Gasteiger partial charge in [0.25, 0.3) is 0 Å². The zero-order valence-corrected chi connectivity index (χ0v) is 13.6. The molecular formula is C15H14F3NO2S2. The van der Waals surface area contributed by atoms with Gasteiger partial charge in [-0.2, -0.15) is 0 Å². The molecule has 0 saturated heterocycles. The van der Waals surface area contributed by atoms with Crippen molar-refractivity contribution in [2.24, 2.45) is 0 Å². The molecule has 2 rings (SSSR count). The lowest BCUT2D eigenvalue weighted by molar-refractivity contribution is 0.543. The summed E-state index contributed by atoms with van der Waals surface area (Å²) in [4.78, 5) is 0.295. The maximum absolute atomic E-state index is 13.5. The molecule has 0 radical (unpaired) electrons. The maximum atomic E-state index is 13.5. The molecule has 0 heterocycles. The zero-order chi connectivity index (χ0) is 16.9. The Hall–Kier alpha value is -1.51. The van der Waals surface area contributed by atoms with Crippen molar-refractivity contribution in [1.82, 2.24) is 4.72 Å². The van der Waals surface area contributed by atoms with Crippen molar-refractivity contribution in [2.75, 3.05) is 12.3 Å². The van der Waals surface area contributed by atoms with Crippen LogP contribution in [0, 0.1) is 17.5 Å². The molecule has 0 aliphatic carbocycles. The van der Waals surface area contributed by atoms with Crippen LogP contribution in [0.25, 0.3) is 0 Å². The van der Waals surface area contributed by atoms with E-state index >= 15 is 0 Å². The summed E-state index contributed by atoms with van der Waals surface area (Å²) in [6, 6.07) is 8.28. The lowest BCUT2D eigenvalue weighted by Gasteiger charge is -2.07. The van der Waals surface area contributed by atoms with E-state index in [0.29, 0.717) is 18.2 Å². The lowest BCUT2D eigenvalue weighted by Crippen LogP contribution is -2.26. The van der Waals surface area contributed by atoms with Gasteiger partial charge >= 0.3 is 0 Å². The number of rotatable bonds is 7. The molecule has 0 aromatic heterocycles. The Morgan fingerprint density at radius 2 is 1.61 bits per heavy atom. The first-order valence-electron chi connectivity index (χ1n) is 6.71. The molecule has 8 heteroatoms. The number of nitrogens with one attached hydrogen (secondary N) is 1. The first-order valence-corrected chi connectivity index (χ1v) is 9.18. The van der Waals surface area contributed by atoms with E-state index in [1.807, 2.05) is 0 Å². The first-order chi connectivity index (χ1) is 10.9. The number of benzene rings is 2. The summed E-state index contributed by atoms with van der Waals surface area (Å²) in [7, 11) is -4.01. The highest BCUT2D eigenvalue weighted by atomic mass is 32.2. The van der Waals surface area contributed by atoms with Crippen molar-refractivity contribution < 1.29 is 21.6 Å². The summed E-state index contributed by atoms with van der Waals surface area (Å²) in [5.74, 6) is -1.67. The van der Waals surface area contributed by atoms with E-state index in [-0.39, 0.29) is 12.4 Å². The molecule has 23 heavy (non-hydrogen) atoms. The van der Waals surface area contributed by atoms with Crippen molar-refractivity contribution in [3.8, 4) is 0 Å². The van der Waals surface area contributed by atoms with E-state index < -0.39 is 26.6 Å². The predicted molar refractivity (Wildman–Crippen MR) is 83.3 cm³/mol. The van der Waals surface area contributed by atoms with Gasteiger partial charge in [0.15, 0.2) is 0 Å². The van der Waals surface area contributed by atoms with Crippen LogP contribution in [0.1, 0.15) is 6.42 Å². The fraction of sp³-hybridized carbons (Fsp3) is 0.200. The van der Waals surface area contributed by atoms with Crippen molar-refractivity contribution >= 4 is 21.8 Å². The van der Waals surface area contributed by atoms with Crippen LogP contribution in [0.15, 0.2) is 52.3 Å². The minimum absolute atomic E-state index is 0.118. The summed E-state index contributed by atoms with van der Waals surface area (Å²) in [6.07, 6.45) is 0.504. The molecule has 0 atom stereocenters. The van der Waals surface area contributed by atoms with E-state index in [4.69, 9.17) is 0 Å². The average Bonchev–Trinajstić information content (AvgIpc) is 2.48. The number of hydrogen-bond acceptors (Lipinski definition) is 3. The Bertz CT molecular complexity index is 765. The van der Waals surface area contributed by atoms with E-state index in [1.54, 1.807) is 12.1 Å². The van der Waals surface area contributed by atoms with Gasteiger partial charge in [0, 0.05) is 17.5 Å². The third-order valence-corrected chi connectivity index (χ3v) is 5.47. The fourth-order valence-corrected chi connectivity index (χ4v) is 3.75. The Kier molecular flexibility index (Phi) is 6.09. The van der Waals surface area contributed by atoms with Gasteiger partial charge in [0.1, 0.15) is 22.3 Å². The quantitative estimate of drug-likeness (QED) is 0.606. The third kappa shape index (κ3) is 5.26. The van der Waals surface area contributed by atoms with Crippen molar-refractivity contribution in [3.63, 3.8) is 0 Å². The van der Waals surface area contributed by atoms with Gasteiger partial charge < -0.3 is 0 Å². The van der Waals surface area contributed by atoms with Crippen LogP contribution in [0.5, 0.6) is 0 Å². The summed E-state index contributed by atoms with van der Waals surface area (Å²) in [5.41, 5.74) is 0. The van der Waals surface area contributed by atoms with E-state index in [1.165, 1.54) is 23.9 Å². The van der Waals surface area contributed by atoms with Crippen LogP contribution in [-0.4, -0.2) is 20.7 Å². The predicted octanol–water partition coefficient (Wildman–Crippen LogP) is 3.56. The van der Waals surface area contributed by atoms with Gasteiger partial charge in [0.2, 0.25) is 10.0 Å². The van der Waals surface area contributed by atoms with Gasteiger partial charge in [-0.05, 0) is 48.6 Å². The van der Waals surface area contributed by atoms with Crippen LogP contribution in [-0.2, 0) is 10.0 Å². The van der Waals surface area contributed by atoms with E-state index in [2.05, 4.69) is 4.72 Å². The number of thioether (sulfide) groups is 1. The second-order valence-electron chi connectivity index (χ2n) is 4.63. The molecule has 1 N–H and O–H groups in total. The monoisotopic (exact) mass is 361 g/mol. The minimum atomic E-state index is -4.01. The molecular weight excluding hydrogens is 347 g/mol. The molecule has 3 nitrogen and oxygen atoms in total. The highest BCUT2D eigenvalue weighted by Crippen LogP contribution is 2.19. The Balaban J connectivity index is 1.82. The molecule has 2 aromatic rings. The second-order valence-corrected chi connectivity index (χ2v) is 7.53. The summed E-state index contributed by atoms with van der Waals surface area (Å²) < 4.78 is 65.1. The van der Waals surface area contributed by atoms with Crippen LogP contribution in [0.4, 0.5) is 13.2 Å². The maximum Gasteiger partial charge on any atom is 0.243 e. The average molecular weight is 361 g/mol. The molecule has 0 fully saturated rings. The normalized spacial score (nSPS) is 11.6. The fourth-order valence-electron chi connectivity index (χ4n) is 1.77. The number of sulfonamides is 1. The van der Waals surface area contributed by atoms with Gasteiger partial charge in [-0.3, -0.25) is 0 Å². The minimum Gasteiger partial charge on any atom is -0.211 e. The Morgan fingerprint density at radius 3 is 2.26 bits per heavy atom. The zero-order valence-electron chi connectivity index (χ0n) is 11.9. The second kappa shape index (κ2) is 7.85. The molecule has 0 saturated carbocycles. The van der Waals surface area contributed by atoms with Crippen LogP contribution in [0.3, 0.4) is 0 Å². The standard InChI is InChI=1S/C15H14F3NO2S2/c16-11-2-5-13(6-3-11)22-9-1-8-19-23(20,21)15-7-4-12(17)10-14(15)18/h2-7,10,19H,1,8-9H2.